The number of carbonyl (C=O) groups is 2. The van der Waals surface area contributed by atoms with E-state index in [1.165, 1.54) is 6.07 Å². The van der Waals surface area contributed by atoms with Gasteiger partial charge in [-0.3, -0.25) is 4.79 Å². The number of phenols is 1. The fourth-order valence-electron chi connectivity index (χ4n) is 2.72. The van der Waals surface area contributed by atoms with E-state index < -0.39 is 18.5 Å². The Morgan fingerprint density at radius 1 is 1.04 bits per heavy atom. The molecule has 1 aromatic heterocycles. The molecule has 2 N–H and O–H groups in total. The van der Waals surface area contributed by atoms with Crippen LogP contribution in [0.5, 0.6) is 5.75 Å². The van der Waals surface area contributed by atoms with Crippen LogP contribution in [0.25, 0.3) is 21.8 Å². The van der Waals surface area contributed by atoms with Crippen molar-refractivity contribution in [1.82, 2.24) is 8.75 Å². The average Bonchev–Trinajstić information content (AvgIpc) is 3.16. The van der Waals surface area contributed by atoms with Crippen LogP contribution in [0.4, 0.5) is 5.69 Å². The molecule has 27 heavy (non-hydrogen) atoms. The zero-order valence-electron chi connectivity index (χ0n) is 13.9. The molecule has 0 unspecified atom stereocenters. The summed E-state index contributed by atoms with van der Waals surface area (Å²) < 4.78 is 13.3. The van der Waals surface area contributed by atoms with E-state index in [-0.39, 0.29) is 11.3 Å². The molecule has 0 atom stereocenters. The number of benzene rings is 3. The molecule has 1 amide bonds. The second-order valence-corrected chi connectivity index (χ2v) is 6.27. The lowest BCUT2D eigenvalue weighted by atomic mass is 10.1. The first kappa shape index (κ1) is 16.9. The van der Waals surface area contributed by atoms with Gasteiger partial charge in [0.05, 0.1) is 17.4 Å². The first-order valence-electron chi connectivity index (χ1n) is 8.02. The molecular formula is C19H13N3O4S. The number of ether oxygens (including phenoxy) is 1. The molecule has 4 rings (SSSR count). The Bertz CT molecular complexity index is 1170. The van der Waals surface area contributed by atoms with Gasteiger partial charge in [0.2, 0.25) is 0 Å². The topological polar surface area (TPSA) is 101 Å². The van der Waals surface area contributed by atoms with E-state index in [9.17, 15) is 14.7 Å². The van der Waals surface area contributed by atoms with Gasteiger partial charge in [0.15, 0.2) is 6.61 Å². The first-order chi connectivity index (χ1) is 13.1. The van der Waals surface area contributed by atoms with Gasteiger partial charge in [-0.05, 0) is 23.6 Å². The van der Waals surface area contributed by atoms with Gasteiger partial charge < -0.3 is 15.2 Å². The molecule has 0 aliphatic rings. The molecule has 0 bridgehead atoms. The van der Waals surface area contributed by atoms with E-state index in [0.29, 0.717) is 22.1 Å². The van der Waals surface area contributed by atoms with Crippen LogP contribution in [0.2, 0.25) is 0 Å². The van der Waals surface area contributed by atoms with Crippen molar-refractivity contribution in [1.29, 1.82) is 0 Å². The van der Waals surface area contributed by atoms with Gasteiger partial charge in [-0.1, -0.05) is 36.4 Å². The number of hydrogen-bond acceptors (Lipinski definition) is 7. The fourth-order valence-corrected chi connectivity index (χ4v) is 3.27. The molecule has 0 fully saturated rings. The van der Waals surface area contributed by atoms with E-state index in [4.69, 9.17) is 4.74 Å². The predicted octanol–water partition coefficient (Wildman–Crippen LogP) is 3.35. The SMILES string of the molecule is O=C(COC(=O)c1ccc2ccccc2c1O)Nc1cccc2nsnc12. The van der Waals surface area contributed by atoms with Gasteiger partial charge in [0.1, 0.15) is 22.3 Å². The van der Waals surface area contributed by atoms with Gasteiger partial charge in [-0.15, -0.1) is 0 Å². The van der Waals surface area contributed by atoms with E-state index in [0.717, 1.165) is 17.1 Å². The molecule has 7 nitrogen and oxygen atoms in total. The number of phenolic OH excluding ortho intramolecular Hbond substituents is 1. The Morgan fingerprint density at radius 3 is 2.78 bits per heavy atom. The molecule has 134 valence electrons. The summed E-state index contributed by atoms with van der Waals surface area (Å²) in [5.74, 6) is -1.46. The summed E-state index contributed by atoms with van der Waals surface area (Å²) in [6, 6.07) is 15.5. The number of nitrogens with zero attached hydrogens (tertiary/aromatic N) is 2. The molecule has 0 saturated heterocycles. The number of hydrogen-bond donors (Lipinski definition) is 2. The van der Waals surface area contributed by atoms with Crippen molar-refractivity contribution in [2.75, 3.05) is 11.9 Å². The van der Waals surface area contributed by atoms with E-state index in [1.807, 2.05) is 12.1 Å². The van der Waals surface area contributed by atoms with Crippen LogP contribution >= 0.6 is 11.7 Å². The quantitative estimate of drug-likeness (QED) is 0.527. The Hall–Kier alpha value is -3.52. The Balaban J connectivity index is 1.45. The molecule has 3 aromatic carbocycles. The second kappa shape index (κ2) is 7.00. The predicted molar refractivity (Wildman–Crippen MR) is 102 cm³/mol. The van der Waals surface area contributed by atoms with Crippen molar-refractivity contribution in [3.05, 3.63) is 60.2 Å². The summed E-state index contributed by atoms with van der Waals surface area (Å²) >= 11 is 1.05. The van der Waals surface area contributed by atoms with Gasteiger partial charge >= 0.3 is 5.97 Å². The summed E-state index contributed by atoms with van der Waals surface area (Å²) in [5.41, 5.74) is 1.76. The molecule has 4 aromatic rings. The minimum atomic E-state index is -0.776. The highest BCUT2D eigenvalue weighted by molar-refractivity contribution is 7.00. The highest BCUT2D eigenvalue weighted by atomic mass is 32.1. The van der Waals surface area contributed by atoms with Crippen molar-refractivity contribution in [3.63, 3.8) is 0 Å². The lowest BCUT2D eigenvalue weighted by molar-refractivity contribution is -0.119. The Morgan fingerprint density at radius 2 is 1.89 bits per heavy atom. The van der Waals surface area contributed by atoms with Crippen molar-refractivity contribution in [2.24, 2.45) is 0 Å². The van der Waals surface area contributed by atoms with Crippen molar-refractivity contribution in [3.8, 4) is 5.75 Å². The maximum Gasteiger partial charge on any atom is 0.342 e. The smallest absolute Gasteiger partial charge is 0.342 e. The molecule has 8 heteroatoms. The molecule has 1 heterocycles. The summed E-state index contributed by atoms with van der Waals surface area (Å²) in [6.45, 7) is -0.487. The zero-order valence-corrected chi connectivity index (χ0v) is 14.7. The number of nitrogens with one attached hydrogen (secondary N) is 1. The van der Waals surface area contributed by atoms with Crippen LogP contribution in [0, 0.1) is 0 Å². The van der Waals surface area contributed by atoms with Gasteiger partial charge in [-0.25, -0.2) is 4.79 Å². The summed E-state index contributed by atoms with van der Waals surface area (Å²) in [7, 11) is 0. The van der Waals surface area contributed by atoms with Crippen LogP contribution in [0.15, 0.2) is 54.6 Å². The molecule has 0 aliphatic carbocycles. The zero-order chi connectivity index (χ0) is 18.8. The van der Waals surface area contributed by atoms with E-state index >= 15 is 0 Å². The number of rotatable bonds is 4. The Kier molecular flexibility index (Phi) is 4.39. The van der Waals surface area contributed by atoms with Crippen molar-refractivity contribution >= 4 is 51.1 Å². The van der Waals surface area contributed by atoms with Gasteiger partial charge in [0.25, 0.3) is 5.91 Å². The number of aromatic hydroxyl groups is 1. The lowest BCUT2D eigenvalue weighted by Gasteiger charge is -2.09. The lowest BCUT2D eigenvalue weighted by Crippen LogP contribution is -2.21. The number of carbonyl (C=O) groups excluding carboxylic acids is 2. The summed E-state index contributed by atoms with van der Waals surface area (Å²) in [5, 5.41) is 14.3. The van der Waals surface area contributed by atoms with E-state index in [1.54, 1.807) is 36.4 Å². The molecular weight excluding hydrogens is 366 g/mol. The largest absolute Gasteiger partial charge is 0.506 e. The van der Waals surface area contributed by atoms with E-state index in [2.05, 4.69) is 14.1 Å². The average molecular weight is 379 g/mol. The summed E-state index contributed by atoms with van der Waals surface area (Å²) in [6.07, 6.45) is 0. The van der Waals surface area contributed by atoms with Crippen LogP contribution in [0.1, 0.15) is 10.4 Å². The molecule has 0 aliphatic heterocycles. The minimum absolute atomic E-state index is 0.00676. The number of esters is 1. The van der Waals surface area contributed by atoms with Crippen molar-refractivity contribution < 1.29 is 19.4 Å². The standard InChI is InChI=1S/C19H13N3O4S/c23-16(20-14-6-3-7-15-17(14)22-27-21-15)10-26-19(25)13-9-8-11-4-1-2-5-12(11)18(13)24/h1-9,24H,10H2,(H,20,23). The maximum absolute atomic E-state index is 12.3. The second-order valence-electron chi connectivity index (χ2n) is 5.74. The van der Waals surface area contributed by atoms with Crippen LogP contribution in [0.3, 0.4) is 0 Å². The normalized spacial score (nSPS) is 10.8. The summed E-state index contributed by atoms with van der Waals surface area (Å²) in [4.78, 5) is 24.4. The molecule has 0 spiro atoms. The minimum Gasteiger partial charge on any atom is -0.506 e. The molecule has 0 saturated carbocycles. The third kappa shape index (κ3) is 3.30. The number of fused-ring (bicyclic) bond motifs is 2. The number of anilines is 1. The van der Waals surface area contributed by atoms with Gasteiger partial charge in [0, 0.05) is 5.39 Å². The number of aromatic nitrogens is 2. The number of amides is 1. The Labute approximate surface area is 157 Å². The third-order valence-corrected chi connectivity index (χ3v) is 4.56. The van der Waals surface area contributed by atoms with Crippen molar-refractivity contribution in [2.45, 2.75) is 0 Å². The van der Waals surface area contributed by atoms with Crippen LogP contribution in [-0.4, -0.2) is 32.3 Å². The first-order valence-corrected chi connectivity index (χ1v) is 8.75. The third-order valence-electron chi connectivity index (χ3n) is 4.01. The van der Waals surface area contributed by atoms with Crippen LogP contribution < -0.4 is 5.32 Å². The highest BCUT2D eigenvalue weighted by Gasteiger charge is 2.17. The van der Waals surface area contributed by atoms with Crippen LogP contribution in [-0.2, 0) is 9.53 Å². The fraction of sp³-hybridized carbons (Fsp3) is 0.0526. The highest BCUT2D eigenvalue weighted by Crippen LogP contribution is 2.29. The molecule has 0 radical (unpaired) electrons. The van der Waals surface area contributed by atoms with Gasteiger partial charge in [-0.2, -0.15) is 8.75 Å². The monoisotopic (exact) mass is 379 g/mol. The maximum atomic E-state index is 12.3.